The molecule has 0 fully saturated rings. The predicted octanol–water partition coefficient (Wildman–Crippen LogP) is 5.12. The van der Waals surface area contributed by atoms with E-state index >= 15 is 0 Å². The van der Waals surface area contributed by atoms with Gasteiger partial charge in [-0.3, -0.25) is 0 Å². The van der Waals surface area contributed by atoms with Crippen LogP contribution in [0.2, 0.25) is 0 Å². The van der Waals surface area contributed by atoms with Crippen molar-refractivity contribution in [3.05, 3.63) is 33.8 Å². The van der Waals surface area contributed by atoms with E-state index in [1.165, 1.54) is 15.6 Å². The molecule has 0 aliphatic carbocycles. The van der Waals surface area contributed by atoms with Crippen molar-refractivity contribution in [3.8, 4) is 0 Å². The van der Waals surface area contributed by atoms with Crippen molar-refractivity contribution in [1.29, 1.82) is 0 Å². The summed E-state index contributed by atoms with van der Waals surface area (Å²) in [5.41, 5.74) is 2.59. The standard InChI is InChI=1S/C8H9Br.2C2H6/c1-6-3-4-7(2)8(9)5-6;2*1-2/h3-5H,1-2H3;2*1-2H3. The third-order valence-electron chi connectivity index (χ3n) is 1.33. The molecule has 0 unspecified atom stereocenters. The number of aryl methyl sites for hydroxylation is 2. The van der Waals surface area contributed by atoms with Crippen LogP contribution in [0.3, 0.4) is 0 Å². The van der Waals surface area contributed by atoms with Gasteiger partial charge in [-0.15, -0.1) is 0 Å². The van der Waals surface area contributed by atoms with Gasteiger partial charge in [-0.2, -0.15) is 0 Å². The highest BCUT2D eigenvalue weighted by Gasteiger charge is 1.90. The Morgan fingerprint density at radius 2 is 1.38 bits per heavy atom. The van der Waals surface area contributed by atoms with Crippen LogP contribution in [0.1, 0.15) is 38.8 Å². The van der Waals surface area contributed by atoms with Gasteiger partial charge in [-0.05, 0) is 31.0 Å². The molecule has 1 aromatic rings. The first-order valence-corrected chi connectivity index (χ1v) is 5.72. The van der Waals surface area contributed by atoms with Gasteiger partial charge in [-0.25, -0.2) is 0 Å². The molecule has 0 aromatic heterocycles. The molecule has 0 saturated carbocycles. The first-order valence-electron chi connectivity index (χ1n) is 4.93. The highest BCUT2D eigenvalue weighted by atomic mass is 79.9. The van der Waals surface area contributed by atoms with Crippen molar-refractivity contribution in [2.45, 2.75) is 41.5 Å². The van der Waals surface area contributed by atoms with Gasteiger partial charge in [0.25, 0.3) is 0 Å². The number of benzene rings is 1. The monoisotopic (exact) mass is 244 g/mol. The van der Waals surface area contributed by atoms with Crippen LogP contribution >= 0.6 is 15.9 Å². The van der Waals surface area contributed by atoms with Crippen LogP contribution in [-0.4, -0.2) is 0 Å². The second-order valence-electron chi connectivity index (χ2n) is 2.25. The van der Waals surface area contributed by atoms with E-state index in [4.69, 9.17) is 0 Å². The quantitative estimate of drug-likeness (QED) is 0.595. The van der Waals surface area contributed by atoms with Crippen molar-refractivity contribution in [1.82, 2.24) is 0 Å². The molecule has 0 heterocycles. The minimum absolute atomic E-state index is 1.20. The number of rotatable bonds is 0. The minimum atomic E-state index is 1.20. The highest BCUT2D eigenvalue weighted by molar-refractivity contribution is 9.10. The number of halogens is 1. The second kappa shape index (κ2) is 9.79. The Morgan fingerprint density at radius 1 is 0.923 bits per heavy atom. The van der Waals surface area contributed by atoms with Crippen molar-refractivity contribution in [2.24, 2.45) is 0 Å². The lowest BCUT2D eigenvalue weighted by Gasteiger charge is -1.96. The Bertz CT molecular complexity index is 216. The third-order valence-corrected chi connectivity index (χ3v) is 2.18. The van der Waals surface area contributed by atoms with Crippen molar-refractivity contribution in [3.63, 3.8) is 0 Å². The normalized spacial score (nSPS) is 7.62. The number of hydrogen-bond acceptors (Lipinski definition) is 0. The molecule has 0 saturated heterocycles. The summed E-state index contributed by atoms with van der Waals surface area (Å²) in [4.78, 5) is 0. The SMILES string of the molecule is CC.CC.Cc1ccc(C)c(Br)c1. The zero-order valence-electron chi connectivity index (χ0n) is 9.61. The fraction of sp³-hybridized carbons (Fsp3) is 0.500. The lowest BCUT2D eigenvalue weighted by Crippen LogP contribution is -1.75. The molecule has 0 aliphatic rings. The first-order chi connectivity index (χ1) is 6.20. The van der Waals surface area contributed by atoms with Crippen LogP contribution in [-0.2, 0) is 0 Å². The summed E-state index contributed by atoms with van der Waals surface area (Å²) in [5.74, 6) is 0. The lowest BCUT2D eigenvalue weighted by molar-refractivity contribution is 1.37. The average Bonchev–Trinajstić information content (AvgIpc) is 2.18. The second-order valence-corrected chi connectivity index (χ2v) is 3.11. The molecule has 0 N–H and O–H groups in total. The summed E-state index contributed by atoms with van der Waals surface area (Å²) in [6, 6.07) is 6.34. The largest absolute Gasteiger partial charge is 0.0683 e. The van der Waals surface area contributed by atoms with Gasteiger partial charge in [-0.1, -0.05) is 55.8 Å². The van der Waals surface area contributed by atoms with E-state index in [9.17, 15) is 0 Å². The van der Waals surface area contributed by atoms with Gasteiger partial charge < -0.3 is 0 Å². The van der Waals surface area contributed by atoms with Crippen LogP contribution in [0.4, 0.5) is 0 Å². The van der Waals surface area contributed by atoms with Gasteiger partial charge >= 0.3 is 0 Å². The van der Waals surface area contributed by atoms with E-state index in [-0.39, 0.29) is 0 Å². The fourth-order valence-corrected chi connectivity index (χ4v) is 1.19. The van der Waals surface area contributed by atoms with Crippen molar-refractivity contribution < 1.29 is 0 Å². The Hall–Kier alpha value is -0.300. The van der Waals surface area contributed by atoms with E-state index in [1.54, 1.807) is 0 Å². The molecule has 0 bridgehead atoms. The van der Waals surface area contributed by atoms with Crippen LogP contribution < -0.4 is 0 Å². The summed E-state index contributed by atoms with van der Waals surface area (Å²) in [6.45, 7) is 12.2. The van der Waals surface area contributed by atoms with Gasteiger partial charge in [0, 0.05) is 4.47 Å². The molecule has 1 rings (SSSR count). The first kappa shape index (κ1) is 15.2. The van der Waals surface area contributed by atoms with Crippen molar-refractivity contribution >= 4 is 15.9 Å². The molecule has 1 heteroatoms. The molecule has 0 nitrogen and oxygen atoms in total. The molecule has 0 amide bonds. The zero-order chi connectivity index (χ0) is 10.9. The van der Waals surface area contributed by atoms with Gasteiger partial charge in [0.15, 0.2) is 0 Å². The van der Waals surface area contributed by atoms with Crippen LogP contribution in [0.25, 0.3) is 0 Å². The lowest BCUT2D eigenvalue weighted by atomic mass is 10.2. The minimum Gasteiger partial charge on any atom is -0.0683 e. The summed E-state index contributed by atoms with van der Waals surface area (Å²) in [5, 5.41) is 0. The Balaban J connectivity index is 0. The molecular weight excluding hydrogens is 224 g/mol. The summed E-state index contributed by atoms with van der Waals surface area (Å²) in [6.07, 6.45) is 0. The van der Waals surface area contributed by atoms with E-state index in [0.717, 1.165) is 0 Å². The van der Waals surface area contributed by atoms with Crippen molar-refractivity contribution in [2.75, 3.05) is 0 Å². The smallest absolute Gasteiger partial charge is 0.0207 e. The summed E-state index contributed by atoms with van der Waals surface area (Å²) < 4.78 is 1.20. The average molecular weight is 245 g/mol. The summed E-state index contributed by atoms with van der Waals surface area (Å²) >= 11 is 3.45. The van der Waals surface area contributed by atoms with E-state index in [2.05, 4.69) is 48.0 Å². The highest BCUT2D eigenvalue weighted by Crippen LogP contribution is 2.16. The third kappa shape index (κ3) is 6.83. The number of hydrogen-bond donors (Lipinski definition) is 0. The Labute approximate surface area is 91.5 Å². The molecule has 0 atom stereocenters. The molecule has 76 valence electrons. The molecule has 0 aliphatic heterocycles. The molecule has 13 heavy (non-hydrogen) atoms. The Morgan fingerprint density at radius 3 is 1.69 bits per heavy atom. The predicted molar refractivity (Wildman–Crippen MR) is 66.3 cm³/mol. The van der Waals surface area contributed by atoms with Gasteiger partial charge in [0.2, 0.25) is 0 Å². The molecule has 0 radical (unpaired) electrons. The summed E-state index contributed by atoms with van der Waals surface area (Å²) in [7, 11) is 0. The molecule has 0 spiro atoms. The van der Waals surface area contributed by atoms with Crippen LogP contribution in [0, 0.1) is 13.8 Å². The van der Waals surface area contributed by atoms with E-state index in [1.807, 2.05) is 27.7 Å². The fourth-order valence-electron chi connectivity index (χ4n) is 0.698. The van der Waals surface area contributed by atoms with Crippen LogP contribution in [0.15, 0.2) is 22.7 Å². The maximum absolute atomic E-state index is 3.45. The van der Waals surface area contributed by atoms with Gasteiger partial charge in [0.05, 0.1) is 0 Å². The van der Waals surface area contributed by atoms with E-state index < -0.39 is 0 Å². The van der Waals surface area contributed by atoms with E-state index in [0.29, 0.717) is 0 Å². The molecular formula is C12H21Br. The maximum Gasteiger partial charge on any atom is 0.0207 e. The van der Waals surface area contributed by atoms with Crippen LogP contribution in [0.5, 0.6) is 0 Å². The topological polar surface area (TPSA) is 0 Å². The van der Waals surface area contributed by atoms with Gasteiger partial charge in [0.1, 0.15) is 0 Å². The zero-order valence-corrected chi connectivity index (χ0v) is 11.2. The Kier molecular flexibility index (Phi) is 11.4. The maximum atomic E-state index is 3.45. The molecule has 1 aromatic carbocycles.